The maximum absolute atomic E-state index is 12.5. The van der Waals surface area contributed by atoms with Crippen LogP contribution in [0.1, 0.15) is 17.2 Å². The lowest BCUT2D eigenvalue weighted by Crippen LogP contribution is -2.34. The highest BCUT2D eigenvalue weighted by Gasteiger charge is 2.17. The number of phenolic OH excluding ortho intramolecular Hbond substituents is 1. The van der Waals surface area contributed by atoms with Crippen LogP contribution < -0.4 is 10.4 Å². The third-order valence-corrected chi connectivity index (χ3v) is 5.49. The van der Waals surface area contributed by atoms with Crippen molar-refractivity contribution in [3.05, 3.63) is 82.2 Å². The highest BCUT2D eigenvalue weighted by molar-refractivity contribution is 6.05. The first kappa shape index (κ1) is 21.4. The van der Waals surface area contributed by atoms with Crippen LogP contribution in [0, 0.1) is 6.92 Å². The molecule has 1 atom stereocenters. The van der Waals surface area contributed by atoms with Gasteiger partial charge in [-0.1, -0.05) is 30.3 Å². The minimum Gasteiger partial charge on any atom is -0.508 e. The molecule has 0 aliphatic rings. The third kappa shape index (κ3) is 4.15. The van der Waals surface area contributed by atoms with Crippen molar-refractivity contribution in [2.75, 3.05) is 20.2 Å². The Morgan fingerprint density at radius 3 is 2.44 bits per heavy atom. The molecule has 164 valence electrons. The summed E-state index contributed by atoms with van der Waals surface area (Å²) in [7, 11) is 1.58. The molecular weight excluding hydrogens is 410 g/mol. The summed E-state index contributed by atoms with van der Waals surface area (Å²) in [6.07, 6.45) is -0.894. The van der Waals surface area contributed by atoms with Gasteiger partial charge in [-0.15, -0.1) is 0 Å². The van der Waals surface area contributed by atoms with Crippen molar-refractivity contribution in [2.24, 2.45) is 0 Å². The van der Waals surface area contributed by atoms with Crippen molar-refractivity contribution in [2.45, 2.75) is 13.0 Å². The monoisotopic (exact) mass is 433 g/mol. The van der Waals surface area contributed by atoms with E-state index in [4.69, 9.17) is 9.15 Å². The molecule has 0 unspecified atom stereocenters. The number of benzene rings is 3. The first-order valence-corrected chi connectivity index (χ1v) is 10.1. The number of aliphatic hydroxyl groups is 1. The summed E-state index contributed by atoms with van der Waals surface area (Å²) < 4.78 is 11.2. The molecule has 0 fully saturated rings. The number of carbonyl (C=O) groups is 1. The fourth-order valence-electron chi connectivity index (χ4n) is 3.63. The molecule has 7 nitrogen and oxygen atoms in total. The van der Waals surface area contributed by atoms with Gasteiger partial charge >= 0.3 is 5.63 Å². The molecule has 1 heterocycles. The molecule has 0 aliphatic heterocycles. The van der Waals surface area contributed by atoms with Crippen molar-refractivity contribution in [1.29, 1.82) is 0 Å². The predicted molar refractivity (Wildman–Crippen MR) is 121 cm³/mol. The van der Waals surface area contributed by atoms with E-state index in [1.54, 1.807) is 44.3 Å². The molecule has 4 rings (SSSR count). The number of amides is 1. The number of likely N-dealkylation sites (N-methyl/N-ethyl adjacent to an activating group) is 1. The summed E-state index contributed by atoms with van der Waals surface area (Å²) >= 11 is 0. The highest BCUT2D eigenvalue weighted by atomic mass is 16.5. The van der Waals surface area contributed by atoms with E-state index in [1.165, 1.54) is 17.0 Å². The predicted octanol–water partition coefficient (Wildman–Crippen LogP) is 3.53. The number of nitrogens with zero attached hydrogens (tertiary/aromatic N) is 1. The van der Waals surface area contributed by atoms with Crippen LogP contribution in [-0.4, -0.2) is 41.2 Å². The molecule has 0 radical (unpaired) electrons. The van der Waals surface area contributed by atoms with Gasteiger partial charge in [0.05, 0.1) is 18.0 Å². The van der Waals surface area contributed by atoms with Crippen LogP contribution in [0.15, 0.2) is 69.9 Å². The third-order valence-electron chi connectivity index (χ3n) is 5.49. The normalized spacial score (nSPS) is 12.1. The first-order valence-electron chi connectivity index (χ1n) is 10.1. The number of hydrogen-bond donors (Lipinski definition) is 2. The second-order valence-corrected chi connectivity index (χ2v) is 7.67. The average Bonchev–Trinajstić information content (AvgIpc) is 2.79. The van der Waals surface area contributed by atoms with Gasteiger partial charge in [-0.2, -0.15) is 0 Å². The topological polar surface area (TPSA) is 100 Å². The number of hydrogen-bond acceptors (Lipinski definition) is 6. The van der Waals surface area contributed by atoms with Gasteiger partial charge in [-0.3, -0.25) is 4.79 Å². The molecule has 0 spiro atoms. The van der Waals surface area contributed by atoms with Crippen LogP contribution in [0.4, 0.5) is 0 Å². The zero-order chi connectivity index (χ0) is 22.8. The molecule has 0 saturated carbocycles. The summed E-state index contributed by atoms with van der Waals surface area (Å²) in [5.41, 5.74) is 1.23. The Bertz CT molecular complexity index is 1340. The fraction of sp³-hybridized carbons (Fsp3) is 0.200. The molecule has 0 aliphatic carbocycles. The number of aliphatic hydroxyl groups excluding tert-OH is 1. The van der Waals surface area contributed by atoms with Gasteiger partial charge < -0.3 is 24.3 Å². The minimum absolute atomic E-state index is 0.0739. The lowest BCUT2D eigenvalue weighted by Gasteiger charge is -2.21. The quantitative estimate of drug-likeness (QED) is 0.356. The van der Waals surface area contributed by atoms with E-state index in [0.29, 0.717) is 27.8 Å². The van der Waals surface area contributed by atoms with Gasteiger partial charge in [0.1, 0.15) is 17.1 Å². The zero-order valence-corrected chi connectivity index (χ0v) is 17.7. The van der Waals surface area contributed by atoms with Crippen LogP contribution in [0.2, 0.25) is 0 Å². The fourth-order valence-corrected chi connectivity index (χ4v) is 3.63. The van der Waals surface area contributed by atoms with Crippen molar-refractivity contribution < 1.29 is 24.2 Å². The second kappa shape index (κ2) is 8.72. The Labute approximate surface area is 184 Å². The van der Waals surface area contributed by atoms with Gasteiger partial charge in [0.25, 0.3) is 5.91 Å². The molecule has 4 aromatic rings. The largest absolute Gasteiger partial charge is 0.508 e. The molecular formula is C25H23NO6. The van der Waals surface area contributed by atoms with Gasteiger partial charge in [-0.05, 0) is 48.2 Å². The average molecular weight is 433 g/mol. The van der Waals surface area contributed by atoms with Crippen LogP contribution in [0.3, 0.4) is 0 Å². The molecule has 3 aromatic carbocycles. The maximum atomic E-state index is 12.5. The number of carbonyl (C=O) groups excluding carboxylic acids is 1. The number of phenols is 1. The molecule has 0 bridgehead atoms. The molecule has 1 aromatic heterocycles. The smallest absolute Gasteiger partial charge is 0.344 e. The van der Waals surface area contributed by atoms with E-state index < -0.39 is 11.7 Å². The highest BCUT2D eigenvalue weighted by Crippen LogP contribution is 2.30. The number of fused-ring (bicyclic) bond motifs is 3. The standard InChI is InChI=1S/C25H23NO6/c1-15-22(12-11-19-18-5-3-4-6-20(18)25(30)32-24(15)19)31-14-23(29)26(2)13-21(28)16-7-9-17(27)10-8-16/h3-12,21,27-28H,13-14H2,1-2H3/t21-/m1/s1. The summed E-state index contributed by atoms with van der Waals surface area (Å²) in [5, 5.41) is 21.8. The molecule has 1 amide bonds. The summed E-state index contributed by atoms with van der Waals surface area (Å²) in [6.45, 7) is 1.62. The summed E-state index contributed by atoms with van der Waals surface area (Å²) in [5.74, 6) is 0.229. The van der Waals surface area contributed by atoms with E-state index in [2.05, 4.69) is 0 Å². The molecule has 0 saturated heterocycles. The minimum atomic E-state index is -0.894. The van der Waals surface area contributed by atoms with E-state index in [0.717, 1.165) is 10.8 Å². The van der Waals surface area contributed by atoms with E-state index >= 15 is 0 Å². The number of rotatable bonds is 6. The Kier molecular flexibility index (Phi) is 5.83. The van der Waals surface area contributed by atoms with Crippen molar-refractivity contribution in [3.8, 4) is 11.5 Å². The van der Waals surface area contributed by atoms with Gasteiger partial charge in [0.2, 0.25) is 0 Å². The van der Waals surface area contributed by atoms with Crippen LogP contribution in [0.25, 0.3) is 21.7 Å². The van der Waals surface area contributed by atoms with Crippen molar-refractivity contribution in [3.63, 3.8) is 0 Å². The molecule has 2 N–H and O–H groups in total. The number of aryl methyl sites for hydroxylation is 1. The Morgan fingerprint density at radius 2 is 1.72 bits per heavy atom. The van der Waals surface area contributed by atoms with E-state index in [9.17, 15) is 19.8 Å². The SMILES string of the molecule is Cc1c(OCC(=O)N(C)C[C@@H](O)c2ccc(O)cc2)ccc2c1oc(=O)c1ccccc12. The van der Waals surface area contributed by atoms with Crippen molar-refractivity contribution >= 4 is 27.6 Å². The second-order valence-electron chi connectivity index (χ2n) is 7.67. The van der Waals surface area contributed by atoms with Crippen LogP contribution in [-0.2, 0) is 4.79 Å². The number of aromatic hydroxyl groups is 1. The first-order chi connectivity index (χ1) is 15.3. The molecule has 7 heteroatoms. The summed E-state index contributed by atoms with van der Waals surface area (Å²) in [6, 6.07) is 17.0. The maximum Gasteiger partial charge on any atom is 0.344 e. The van der Waals surface area contributed by atoms with Gasteiger partial charge in [0.15, 0.2) is 6.61 Å². The lowest BCUT2D eigenvalue weighted by atomic mass is 10.0. The Hall–Kier alpha value is -3.84. The van der Waals surface area contributed by atoms with Gasteiger partial charge in [0, 0.05) is 18.0 Å². The van der Waals surface area contributed by atoms with E-state index in [-0.39, 0.29) is 24.8 Å². The summed E-state index contributed by atoms with van der Waals surface area (Å²) in [4.78, 5) is 26.2. The zero-order valence-electron chi connectivity index (χ0n) is 17.7. The Balaban J connectivity index is 1.48. The Morgan fingerprint density at radius 1 is 1.03 bits per heavy atom. The van der Waals surface area contributed by atoms with Gasteiger partial charge in [-0.25, -0.2) is 4.79 Å². The van der Waals surface area contributed by atoms with Crippen LogP contribution in [0.5, 0.6) is 11.5 Å². The lowest BCUT2D eigenvalue weighted by molar-refractivity contribution is -0.133. The molecule has 32 heavy (non-hydrogen) atoms. The van der Waals surface area contributed by atoms with Crippen molar-refractivity contribution in [1.82, 2.24) is 4.90 Å². The van der Waals surface area contributed by atoms with E-state index in [1.807, 2.05) is 18.2 Å². The van der Waals surface area contributed by atoms with Crippen LogP contribution >= 0.6 is 0 Å². The number of ether oxygens (including phenoxy) is 1.